The molecule has 0 aliphatic carbocycles. The number of hydrogen-bond donors (Lipinski definition) is 1. The molecule has 0 saturated heterocycles. The zero-order chi connectivity index (χ0) is 24.0. The second-order valence-corrected chi connectivity index (χ2v) is 9.26. The standard InChI is InChI=1S/C22H15Cl2F2N3O3S/c1-10-11(2)33-21-19(10)20(31)29(13-4-5-14(23)15(24)8-13)22(32)28(21)9-18(30)27-17-6-3-12(25)7-16(17)26/h3-8H,9H2,1-2H3,(H,27,30). The number of carbonyl (C=O) groups excluding carboxylic acids is 1. The van der Waals surface area contributed by atoms with E-state index >= 15 is 0 Å². The molecule has 0 aliphatic rings. The van der Waals surface area contributed by atoms with E-state index in [0.29, 0.717) is 16.5 Å². The van der Waals surface area contributed by atoms with Gasteiger partial charge in [0, 0.05) is 10.9 Å². The minimum atomic E-state index is -0.954. The number of thiophene rings is 1. The molecule has 11 heteroatoms. The Morgan fingerprint density at radius 3 is 2.45 bits per heavy atom. The number of carbonyl (C=O) groups is 1. The molecule has 4 rings (SSSR count). The predicted molar refractivity (Wildman–Crippen MR) is 126 cm³/mol. The van der Waals surface area contributed by atoms with Gasteiger partial charge in [-0.3, -0.25) is 14.2 Å². The minimum absolute atomic E-state index is 0.148. The quantitative estimate of drug-likeness (QED) is 0.418. The van der Waals surface area contributed by atoms with Crippen molar-refractivity contribution in [3.8, 4) is 5.69 Å². The molecular formula is C22H15Cl2F2N3O3S. The topological polar surface area (TPSA) is 73.1 Å². The summed E-state index contributed by atoms with van der Waals surface area (Å²) >= 11 is 13.2. The molecule has 2 aromatic carbocycles. The lowest BCUT2D eigenvalue weighted by Crippen LogP contribution is -2.40. The van der Waals surface area contributed by atoms with Gasteiger partial charge in [-0.15, -0.1) is 11.3 Å². The van der Waals surface area contributed by atoms with Gasteiger partial charge < -0.3 is 5.32 Å². The number of rotatable bonds is 4. The van der Waals surface area contributed by atoms with Crippen molar-refractivity contribution in [1.82, 2.24) is 9.13 Å². The fourth-order valence-electron chi connectivity index (χ4n) is 3.37. The van der Waals surface area contributed by atoms with Crippen molar-refractivity contribution < 1.29 is 13.6 Å². The first-order chi connectivity index (χ1) is 15.6. The van der Waals surface area contributed by atoms with E-state index in [1.165, 1.54) is 29.5 Å². The van der Waals surface area contributed by atoms with Crippen LogP contribution in [0.1, 0.15) is 10.4 Å². The second kappa shape index (κ2) is 8.74. The van der Waals surface area contributed by atoms with Crippen molar-refractivity contribution in [2.75, 3.05) is 5.32 Å². The Kier molecular flexibility index (Phi) is 6.13. The summed E-state index contributed by atoms with van der Waals surface area (Å²) in [6.45, 7) is 3.04. The van der Waals surface area contributed by atoms with Crippen LogP contribution in [0.5, 0.6) is 0 Å². The molecule has 2 heterocycles. The first-order valence-corrected chi connectivity index (χ1v) is 11.1. The molecule has 6 nitrogen and oxygen atoms in total. The van der Waals surface area contributed by atoms with Crippen molar-refractivity contribution in [2.24, 2.45) is 0 Å². The molecule has 0 bridgehead atoms. The molecule has 0 atom stereocenters. The summed E-state index contributed by atoms with van der Waals surface area (Å²) in [6, 6.07) is 7.02. The number of benzene rings is 2. The van der Waals surface area contributed by atoms with Crippen LogP contribution < -0.4 is 16.6 Å². The van der Waals surface area contributed by atoms with Crippen molar-refractivity contribution in [1.29, 1.82) is 0 Å². The van der Waals surface area contributed by atoms with Gasteiger partial charge in [-0.05, 0) is 49.7 Å². The van der Waals surface area contributed by atoms with Crippen LogP contribution in [-0.4, -0.2) is 15.0 Å². The lowest BCUT2D eigenvalue weighted by atomic mass is 10.2. The summed E-state index contributed by atoms with van der Waals surface area (Å²) in [5.74, 6) is -2.47. The maximum absolute atomic E-state index is 14.0. The number of fused-ring (bicyclic) bond motifs is 1. The van der Waals surface area contributed by atoms with Gasteiger partial charge in [-0.25, -0.2) is 18.1 Å². The van der Waals surface area contributed by atoms with Crippen LogP contribution >= 0.6 is 34.5 Å². The fourth-order valence-corrected chi connectivity index (χ4v) is 4.81. The van der Waals surface area contributed by atoms with Crippen LogP contribution in [0.2, 0.25) is 10.0 Å². The van der Waals surface area contributed by atoms with Crippen molar-refractivity contribution >= 4 is 56.3 Å². The summed E-state index contributed by atoms with van der Waals surface area (Å²) in [5.41, 5.74) is -0.712. The first kappa shape index (κ1) is 23.2. The molecular weight excluding hydrogens is 495 g/mol. The molecule has 2 aromatic heterocycles. The van der Waals surface area contributed by atoms with Crippen molar-refractivity contribution in [2.45, 2.75) is 20.4 Å². The van der Waals surface area contributed by atoms with E-state index in [2.05, 4.69) is 5.32 Å². The number of hydrogen-bond acceptors (Lipinski definition) is 4. The average Bonchev–Trinajstić information content (AvgIpc) is 3.05. The zero-order valence-electron chi connectivity index (χ0n) is 17.2. The van der Waals surface area contributed by atoms with E-state index in [4.69, 9.17) is 23.2 Å². The van der Waals surface area contributed by atoms with Gasteiger partial charge in [0.15, 0.2) is 0 Å². The third-order valence-electron chi connectivity index (χ3n) is 5.12. The maximum Gasteiger partial charge on any atom is 0.337 e. The van der Waals surface area contributed by atoms with E-state index in [-0.39, 0.29) is 26.8 Å². The summed E-state index contributed by atoms with van der Waals surface area (Å²) in [7, 11) is 0. The third kappa shape index (κ3) is 4.19. The summed E-state index contributed by atoms with van der Waals surface area (Å²) in [4.78, 5) is 40.4. The minimum Gasteiger partial charge on any atom is -0.322 e. The van der Waals surface area contributed by atoms with Crippen molar-refractivity contribution in [3.63, 3.8) is 0 Å². The monoisotopic (exact) mass is 509 g/mol. The Labute approximate surface area is 199 Å². The van der Waals surface area contributed by atoms with Crippen LogP contribution in [0.15, 0.2) is 46.0 Å². The van der Waals surface area contributed by atoms with Gasteiger partial charge in [0.05, 0.1) is 26.8 Å². The lowest BCUT2D eigenvalue weighted by Gasteiger charge is -2.13. The van der Waals surface area contributed by atoms with Crippen LogP contribution in [0.4, 0.5) is 14.5 Å². The number of aromatic nitrogens is 2. The first-order valence-electron chi connectivity index (χ1n) is 9.54. The SMILES string of the molecule is Cc1sc2c(c1C)c(=O)n(-c1ccc(Cl)c(Cl)c1)c(=O)n2CC(=O)Nc1ccc(F)cc1F. The Balaban J connectivity index is 1.87. The summed E-state index contributed by atoms with van der Waals surface area (Å²) < 4.78 is 29.2. The average molecular weight is 510 g/mol. The molecule has 33 heavy (non-hydrogen) atoms. The molecule has 4 aromatic rings. The van der Waals surface area contributed by atoms with E-state index < -0.39 is 35.3 Å². The normalized spacial score (nSPS) is 11.2. The number of nitrogens with zero attached hydrogens (tertiary/aromatic N) is 2. The van der Waals surface area contributed by atoms with Crippen LogP contribution in [0, 0.1) is 25.5 Å². The van der Waals surface area contributed by atoms with Crippen LogP contribution in [-0.2, 0) is 11.3 Å². The van der Waals surface area contributed by atoms with Gasteiger partial charge in [-0.1, -0.05) is 23.2 Å². The Hall–Kier alpha value is -3.01. The van der Waals surface area contributed by atoms with E-state index in [9.17, 15) is 23.2 Å². The molecule has 0 fully saturated rings. The third-order valence-corrected chi connectivity index (χ3v) is 7.09. The van der Waals surface area contributed by atoms with Gasteiger partial charge >= 0.3 is 5.69 Å². The zero-order valence-corrected chi connectivity index (χ0v) is 19.5. The molecule has 1 amide bonds. The van der Waals surface area contributed by atoms with Gasteiger partial charge in [-0.2, -0.15) is 0 Å². The molecule has 170 valence electrons. The number of nitrogens with one attached hydrogen (secondary N) is 1. The van der Waals surface area contributed by atoms with Gasteiger partial charge in [0.2, 0.25) is 5.91 Å². The highest BCUT2D eigenvalue weighted by Crippen LogP contribution is 2.28. The molecule has 0 spiro atoms. The smallest absolute Gasteiger partial charge is 0.322 e. The molecule has 0 radical (unpaired) electrons. The highest BCUT2D eigenvalue weighted by Gasteiger charge is 2.21. The Morgan fingerprint density at radius 2 is 1.79 bits per heavy atom. The Bertz CT molecular complexity index is 1560. The summed E-state index contributed by atoms with van der Waals surface area (Å²) in [6.07, 6.45) is 0. The van der Waals surface area contributed by atoms with Crippen LogP contribution in [0.25, 0.3) is 15.9 Å². The lowest BCUT2D eigenvalue weighted by molar-refractivity contribution is -0.116. The molecule has 0 aliphatic heterocycles. The van der Waals surface area contributed by atoms with E-state index in [1.54, 1.807) is 13.8 Å². The largest absolute Gasteiger partial charge is 0.337 e. The Morgan fingerprint density at radius 1 is 1.06 bits per heavy atom. The maximum atomic E-state index is 14.0. The van der Waals surface area contributed by atoms with Crippen molar-refractivity contribution in [3.05, 3.63) is 89.4 Å². The number of anilines is 1. The highest BCUT2D eigenvalue weighted by atomic mass is 35.5. The highest BCUT2D eigenvalue weighted by molar-refractivity contribution is 7.18. The number of aryl methyl sites for hydroxylation is 2. The molecule has 0 unspecified atom stereocenters. The number of halogens is 4. The van der Waals surface area contributed by atoms with Gasteiger partial charge in [0.1, 0.15) is 23.0 Å². The second-order valence-electron chi connectivity index (χ2n) is 7.24. The molecule has 0 saturated carbocycles. The number of amides is 1. The van der Waals surface area contributed by atoms with E-state index in [1.807, 2.05) is 0 Å². The van der Waals surface area contributed by atoms with Gasteiger partial charge in [0.25, 0.3) is 5.56 Å². The van der Waals surface area contributed by atoms with Crippen LogP contribution in [0.3, 0.4) is 0 Å². The van der Waals surface area contributed by atoms with E-state index in [0.717, 1.165) is 26.1 Å². The predicted octanol–water partition coefficient (Wildman–Crippen LogP) is 5.05. The summed E-state index contributed by atoms with van der Waals surface area (Å²) in [5, 5.41) is 3.01. The fraction of sp³-hybridized carbons (Fsp3) is 0.136. The molecule has 1 N–H and O–H groups in total.